The summed E-state index contributed by atoms with van der Waals surface area (Å²) in [6.45, 7) is 0.824. The van der Waals surface area contributed by atoms with Gasteiger partial charge in [-0.1, -0.05) is 19.3 Å². The van der Waals surface area contributed by atoms with E-state index in [0.717, 1.165) is 25.1 Å². The SMILES string of the molecule is NCCCCCCCc1cccnn1. The van der Waals surface area contributed by atoms with E-state index >= 15 is 0 Å². The highest BCUT2D eigenvalue weighted by atomic mass is 15.1. The van der Waals surface area contributed by atoms with Crippen LogP contribution in [-0.2, 0) is 6.42 Å². The highest BCUT2D eigenvalue weighted by molar-refractivity contribution is 4.98. The minimum absolute atomic E-state index is 0.824. The number of rotatable bonds is 7. The molecule has 1 aromatic heterocycles. The lowest BCUT2D eigenvalue weighted by atomic mass is 10.1. The third-order valence-corrected chi connectivity index (χ3v) is 2.26. The van der Waals surface area contributed by atoms with Crippen LogP contribution in [0.3, 0.4) is 0 Å². The summed E-state index contributed by atoms with van der Waals surface area (Å²) in [6, 6.07) is 3.98. The molecule has 1 heterocycles. The fraction of sp³-hybridized carbons (Fsp3) is 0.636. The van der Waals surface area contributed by atoms with E-state index in [1.807, 2.05) is 12.1 Å². The Morgan fingerprint density at radius 3 is 2.57 bits per heavy atom. The van der Waals surface area contributed by atoms with E-state index in [1.165, 1.54) is 25.7 Å². The van der Waals surface area contributed by atoms with E-state index in [0.29, 0.717) is 0 Å². The first-order valence-corrected chi connectivity index (χ1v) is 5.40. The Bertz CT molecular complexity index is 223. The molecule has 1 aromatic rings. The molecule has 0 spiro atoms. The fourth-order valence-corrected chi connectivity index (χ4v) is 1.45. The van der Waals surface area contributed by atoms with Crippen LogP contribution in [0.1, 0.15) is 37.8 Å². The predicted octanol–water partition coefficient (Wildman–Crippen LogP) is 1.93. The lowest BCUT2D eigenvalue weighted by Crippen LogP contribution is -1.97. The smallest absolute Gasteiger partial charge is 0.0631 e. The van der Waals surface area contributed by atoms with Crippen molar-refractivity contribution in [2.24, 2.45) is 5.73 Å². The second-order valence-electron chi connectivity index (χ2n) is 3.52. The van der Waals surface area contributed by atoms with Crippen LogP contribution in [0.4, 0.5) is 0 Å². The average Bonchev–Trinajstić information content (AvgIpc) is 2.25. The molecule has 0 radical (unpaired) electrons. The van der Waals surface area contributed by atoms with Gasteiger partial charge in [-0.3, -0.25) is 0 Å². The second-order valence-corrected chi connectivity index (χ2v) is 3.52. The molecule has 78 valence electrons. The fourth-order valence-electron chi connectivity index (χ4n) is 1.45. The summed E-state index contributed by atoms with van der Waals surface area (Å²) in [4.78, 5) is 0. The summed E-state index contributed by atoms with van der Waals surface area (Å²) in [7, 11) is 0. The summed E-state index contributed by atoms with van der Waals surface area (Å²) >= 11 is 0. The van der Waals surface area contributed by atoms with Crippen LogP contribution in [0.25, 0.3) is 0 Å². The topological polar surface area (TPSA) is 51.8 Å². The zero-order valence-electron chi connectivity index (χ0n) is 8.65. The van der Waals surface area contributed by atoms with Gasteiger partial charge in [-0.15, -0.1) is 0 Å². The van der Waals surface area contributed by atoms with E-state index < -0.39 is 0 Å². The van der Waals surface area contributed by atoms with Gasteiger partial charge in [0.05, 0.1) is 5.69 Å². The highest BCUT2D eigenvalue weighted by Crippen LogP contribution is 2.05. The van der Waals surface area contributed by atoms with Gasteiger partial charge in [0.15, 0.2) is 0 Å². The van der Waals surface area contributed by atoms with Gasteiger partial charge in [0, 0.05) is 6.20 Å². The normalized spacial score (nSPS) is 10.4. The van der Waals surface area contributed by atoms with Crippen molar-refractivity contribution in [3.8, 4) is 0 Å². The first-order chi connectivity index (χ1) is 6.93. The molecule has 0 aromatic carbocycles. The van der Waals surface area contributed by atoms with Crippen molar-refractivity contribution in [3.05, 3.63) is 24.0 Å². The van der Waals surface area contributed by atoms with Gasteiger partial charge in [-0.05, 0) is 37.9 Å². The molecular formula is C11H19N3. The van der Waals surface area contributed by atoms with Gasteiger partial charge in [0.25, 0.3) is 0 Å². The molecule has 3 heteroatoms. The van der Waals surface area contributed by atoms with Crippen molar-refractivity contribution in [1.82, 2.24) is 10.2 Å². The molecule has 0 saturated heterocycles. The quantitative estimate of drug-likeness (QED) is 0.673. The number of nitrogens with two attached hydrogens (primary N) is 1. The summed E-state index contributed by atoms with van der Waals surface area (Å²) in [5.41, 5.74) is 6.52. The number of unbranched alkanes of at least 4 members (excludes halogenated alkanes) is 4. The Hall–Kier alpha value is -0.960. The van der Waals surface area contributed by atoms with Crippen LogP contribution in [-0.4, -0.2) is 16.7 Å². The Morgan fingerprint density at radius 1 is 1.07 bits per heavy atom. The molecule has 0 saturated carbocycles. The van der Waals surface area contributed by atoms with Crippen LogP contribution in [0.5, 0.6) is 0 Å². The van der Waals surface area contributed by atoms with Gasteiger partial charge in [-0.2, -0.15) is 10.2 Å². The maximum Gasteiger partial charge on any atom is 0.0631 e. The van der Waals surface area contributed by atoms with Gasteiger partial charge in [-0.25, -0.2) is 0 Å². The van der Waals surface area contributed by atoms with Crippen LogP contribution in [0.2, 0.25) is 0 Å². The lowest BCUT2D eigenvalue weighted by molar-refractivity contribution is 0.613. The molecule has 0 fully saturated rings. The number of nitrogens with zero attached hydrogens (tertiary/aromatic N) is 2. The van der Waals surface area contributed by atoms with Crippen LogP contribution in [0.15, 0.2) is 18.3 Å². The van der Waals surface area contributed by atoms with Crippen molar-refractivity contribution < 1.29 is 0 Å². The van der Waals surface area contributed by atoms with E-state index in [4.69, 9.17) is 5.73 Å². The van der Waals surface area contributed by atoms with E-state index in [2.05, 4.69) is 10.2 Å². The molecule has 0 bridgehead atoms. The minimum Gasteiger partial charge on any atom is -0.330 e. The Balaban J connectivity index is 1.99. The molecular weight excluding hydrogens is 174 g/mol. The average molecular weight is 193 g/mol. The van der Waals surface area contributed by atoms with E-state index in [1.54, 1.807) is 6.20 Å². The molecule has 0 unspecified atom stereocenters. The Kier molecular flexibility index (Phi) is 5.91. The number of hydrogen-bond donors (Lipinski definition) is 1. The molecule has 0 aliphatic carbocycles. The molecule has 0 aliphatic heterocycles. The molecule has 3 nitrogen and oxygen atoms in total. The summed E-state index contributed by atoms with van der Waals surface area (Å²) < 4.78 is 0. The number of hydrogen-bond acceptors (Lipinski definition) is 3. The third kappa shape index (κ3) is 4.92. The van der Waals surface area contributed by atoms with Crippen LogP contribution < -0.4 is 5.73 Å². The number of aryl methyl sites for hydroxylation is 1. The Labute approximate surface area is 85.7 Å². The predicted molar refractivity (Wildman–Crippen MR) is 57.9 cm³/mol. The van der Waals surface area contributed by atoms with Gasteiger partial charge >= 0.3 is 0 Å². The maximum absolute atomic E-state index is 5.42. The zero-order chi connectivity index (χ0) is 10.1. The maximum atomic E-state index is 5.42. The van der Waals surface area contributed by atoms with E-state index in [9.17, 15) is 0 Å². The first kappa shape index (κ1) is 11.1. The second kappa shape index (κ2) is 7.44. The summed E-state index contributed by atoms with van der Waals surface area (Å²) in [5.74, 6) is 0. The van der Waals surface area contributed by atoms with Crippen molar-refractivity contribution in [2.75, 3.05) is 6.54 Å². The summed E-state index contributed by atoms with van der Waals surface area (Å²) in [5, 5.41) is 7.89. The zero-order valence-corrected chi connectivity index (χ0v) is 8.65. The largest absolute Gasteiger partial charge is 0.330 e. The van der Waals surface area contributed by atoms with Gasteiger partial charge in [0.2, 0.25) is 0 Å². The molecule has 0 atom stereocenters. The van der Waals surface area contributed by atoms with Crippen LogP contribution in [0, 0.1) is 0 Å². The summed E-state index contributed by atoms with van der Waals surface area (Å²) in [6.07, 6.45) is 8.96. The highest BCUT2D eigenvalue weighted by Gasteiger charge is 1.94. The van der Waals surface area contributed by atoms with Crippen molar-refractivity contribution in [1.29, 1.82) is 0 Å². The van der Waals surface area contributed by atoms with E-state index in [-0.39, 0.29) is 0 Å². The third-order valence-electron chi connectivity index (χ3n) is 2.26. The number of aromatic nitrogens is 2. The van der Waals surface area contributed by atoms with Crippen molar-refractivity contribution in [2.45, 2.75) is 38.5 Å². The molecule has 2 N–H and O–H groups in total. The lowest BCUT2D eigenvalue weighted by Gasteiger charge is -1.99. The van der Waals surface area contributed by atoms with Crippen molar-refractivity contribution >= 4 is 0 Å². The molecule has 1 rings (SSSR count). The van der Waals surface area contributed by atoms with Gasteiger partial charge in [0.1, 0.15) is 0 Å². The molecule has 14 heavy (non-hydrogen) atoms. The Morgan fingerprint density at radius 2 is 1.86 bits per heavy atom. The van der Waals surface area contributed by atoms with Crippen molar-refractivity contribution in [3.63, 3.8) is 0 Å². The molecule has 0 amide bonds. The van der Waals surface area contributed by atoms with Gasteiger partial charge < -0.3 is 5.73 Å². The minimum atomic E-state index is 0.824. The monoisotopic (exact) mass is 193 g/mol. The standard InChI is InChI=1S/C11H19N3/c12-9-5-3-1-2-4-7-11-8-6-10-13-14-11/h6,8,10H,1-5,7,9,12H2. The first-order valence-electron chi connectivity index (χ1n) is 5.40. The van der Waals surface area contributed by atoms with Crippen LogP contribution >= 0.6 is 0 Å². The molecule has 0 aliphatic rings.